The van der Waals surface area contributed by atoms with Crippen LogP contribution in [0.25, 0.3) is 0 Å². The van der Waals surface area contributed by atoms with Gasteiger partial charge in [0, 0.05) is 37.5 Å². The number of methoxy groups -OCH3 is 2. The molecule has 0 bridgehead atoms. The summed E-state index contributed by atoms with van der Waals surface area (Å²) < 4.78 is 12.6. The van der Waals surface area contributed by atoms with Crippen LogP contribution in [-0.4, -0.2) is 52.5 Å². The molecule has 7 heteroatoms. The summed E-state index contributed by atoms with van der Waals surface area (Å²) >= 11 is 0. The number of ether oxygens (including phenoxy) is 2. The lowest BCUT2D eigenvalue weighted by Gasteiger charge is -2.19. The SMILES string of the molecule is COCCn1cnnc1CN(C)Cc1ncc(C)c(OC)c1C. The number of rotatable bonds is 8. The van der Waals surface area contributed by atoms with E-state index in [1.54, 1.807) is 20.5 Å². The summed E-state index contributed by atoms with van der Waals surface area (Å²) in [6.07, 6.45) is 3.59. The first-order valence-electron chi connectivity index (χ1n) is 7.60. The van der Waals surface area contributed by atoms with Crippen molar-refractivity contribution in [3.63, 3.8) is 0 Å². The minimum Gasteiger partial charge on any atom is -0.496 e. The van der Waals surface area contributed by atoms with E-state index in [2.05, 4.69) is 20.1 Å². The van der Waals surface area contributed by atoms with Gasteiger partial charge in [-0.05, 0) is 20.9 Å². The molecular formula is C16H25N5O2. The van der Waals surface area contributed by atoms with Gasteiger partial charge in [0.25, 0.3) is 0 Å². The Kier molecular flexibility index (Phi) is 6.06. The van der Waals surface area contributed by atoms with Crippen LogP contribution in [0, 0.1) is 13.8 Å². The molecular weight excluding hydrogens is 294 g/mol. The van der Waals surface area contributed by atoms with Crippen molar-refractivity contribution in [2.75, 3.05) is 27.9 Å². The van der Waals surface area contributed by atoms with Crippen LogP contribution < -0.4 is 4.74 Å². The van der Waals surface area contributed by atoms with Gasteiger partial charge in [0.05, 0.1) is 26.0 Å². The van der Waals surface area contributed by atoms with Crippen LogP contribution in [0.2, 0.25) is 0 Å². The lowest BCUT2D eigenvalue weighted by Crippen LogP contribution is -2.22. The summed E-state index contributed by atoms with van der Waals surface area (Å²) in [5.74, 6) is 1.83. The maximum Gasteiger partial charge on any atom is 0.147 e. The van der Waals surface area contributed by atoms with E-state index in [0.717, 1.165) is 41.5 Å². The average molecular weight is 319 g/mol. The van der Waals surface area contributed by atoms with Crippen LogP contribution in [0.1, 0.15) is 22.6 Å². The van der Waals surface area contributed by atoms with Gasteiger partial charge >= 0.3 is 0 Å². The number of hydrogen-bond donors (Lipinski definition) is 0. The molecule has 0 spiro atoms. The third kappa shape index (κ3) is 4.27. The van der Waals surface area contributed by atoms with Crippen LogP contribution >= 0.6 is 0 Å². The number of hydrogen-bond acceptors (Lipinski definition) is 6. The van der Waals surface area contributed by atoms with E-state index in [0.29, 0.717) is 13.2 Å². The van der Waals surface area contributed by atoms with Crippen LogP contribution in [0.15, 0.2) is 12.5 Å². The van der Waals surface area contributed by atoms with E-state index in [-0.39, 0.29) is 0 Å². The standard InChI is InChI=1S/C16H25N5O2/c1-12-8-17-14(13(2)16(12)23-5)9-20(3)10-15-19-18-11-21(15)6-7-22-4/h8,11H,6-7,9-10H2,1-5H3. The molecule has 0 fully saturated rings. The molecule has 2 aromatic heterocycles. The Morgan fingerprint density at radius 3 is 2.70 bits per heavy atom. The molecule has 0 amide bonds. The van der Waals surface area contributed by atoms with Crippen LogP contribution in [0.5, 0.6) is 5.75 Å². The van der Waals surface area contributed by atoms with Gasteiger partial charge in [-0.25, -0.2) is 0 Å². The predicted molar refractivity (Wildman–Crippen MR) is 87.3 cm³/mol. The summed E-state index contributed by atoms with van der Waals surface area (Å²) in [6, 6.07) is 0. The largest absolute Gasteiger partial charge is 0.496 e. The average Bonchev–Trinajstić information content (AvgIpc) is 2.95. The van der Waals surface area contributed by atoms with Gasteiger partial charge in [0.2, 0.25) is 0 Å². The maximum absolute atomic E-state index is 5.47. The summed E-state index contributed by atoms with van der Waals surface area (Å²) in [4.78, 5) is 6.71. The Labute approximate surface area is 137 Å². The molecule has 2 aromatic rings. The third-order valence-corrected chi connectivity index (χ3v) is 3.81. The van der Waals surface area contributed by atoms with E-state index in [1.807, 2.05) is 31.7 Å². The van der Waals surface area contributed by atoms with E-state index >= 15 is 0 Å². The second-order valence-corrected chi connectivity index (χ2v) is 5.65. The second-order valence-electron chi connectivity index (χ2n) is 5.65. The molecule has 0 N–H and O–H groups in total. The first kappa shape index (κ1) is 17.4. The summed E-state index contributed by atoms with van der Waals surface area (Å²) in [5, 5.41) is 8.18. The Hall–Kier alpha value is -1.99. The zero-order valence-electron chi connectivity index (χ0n) is 14.5. The second kappa shape index (κ2) is 8.03. The van der Waals surface area contributed by atoms with E-state index < -0.39 is 0 Å². The molecule has 2 rings (SSSR count). The first-order valence-corrected chi connectivity index (χ1v) is 7.60. The number of pyridine rings is 1. The van der Waals surface area contributed by atoms with Gasteiger partial charge in [-0.2, -0.15) is 0 Å². The fourth-order valence-corrected chi connectivity index (χ4v) is 2.56. The molecule has 0 atom stereocenters. The van der Waals surface area contributed by atoms with Crippen molar-refractivity contribution in [3.8, 4) is 5.75 Å². The molecule has 0 aliphatic rings. The lowest BCUT2D eigenvalue weighted by molar-refractivity contribution is 0.184. The van der Waals surface area contributed by atoms with Crippen LogP contribution in [0.4, 0.5) is 0 Å². The molecule has 0 saturated heterocycles. The Bertz CT molecular complexity index is 641. The third-order valence-electron chi connectivity index (χ3n) is 3.81. The molecule has 126 valence electrons. The molecule has 0 unspecified atom stereocenters. The van der Waals surface area contributed by atoms with E-state index in [9.17, 15) is 0 Å². The highest BCUT2D eigenvalue weighted by atomic mass is 16.5. The molecule has 0 radical (unpaired) electrons. The van der Waals surface area contributed by atoms with Crippen molar-refractivity contribution in [2.45, 2.75) is 33.5 Å². The molecule has 0 aliphatic carbocycles. The van der Waals surface area contributed by atoms with Crippen molar-refractivity contribution in [2.24, 2.45) is 0 Å². The quantitative estimate of drug-likeness (QED) is 0.736. The van der Waals surface area contributed by atoms with Gasteiger partial charge < -0.3 is 14.0 Å². The highest BCUT2D eigenvalue weighted by molar-refractivity contribution is 5.40. The van der Waals surface area contributed by atoms with Crippen molar-refractivity contribution in [1.82, 2.24) is 24.6 Å². The van der Waals surface area contributed by atoms with Crippen molar-refractivity contribution < 1.29 is 9.47 Å². The highest BCUT2D eigenvalue weighted by Crippen LogP contribution is 2.24. The molecule has 2 heterocycles. The van der Waals surface area contributed by atoms with Gasteiger partial charge in [-0.3, -0.25) is 9.88 Å². The Morgan fingerprint density at radius 1 is 1.22 bits per heavy atom. The van der Waals surface area contributed by atoms with Crippen LogP contribution in [-0.2, 0) is 24.4 Å². The molecule has 0 aliphatic heterocycles. The summed E-state index contributed by atoms with van der Waals surface area (Å²) in [7, 11) is 5.43. The van der Waals surface area contributed by atoms with Crippen molar-refractivity contribution in [1.29, 1.82) is 0 Å². The van der Waals surface area contributed by atoms with Crippen LogP contribution in [0.3, 0.4) is 0 Å². The predicted octanol–water partition coefficient (Wildman–Crippen LogP) is 1.58. The zero-order valence-corrected chi connectivity index (χ0v) is 14.5. The normalized spacial score (nSPS) is 11.2. The summed E-state index contributed by atoms with van der Waals surface area (Å²) in [6.45, 7) is 6.86. The molecule has 0 saturated carbocycles. The fourth-order valence-electron chi connectivity index (χ4n) is 2.56. The van der Waals surface area contributed by atoms with Crippen molar-refractivity contribution in [3.05, 3.63) is 35.2 Å². The lowest BCUT2D eigenvalue weighted by atomic mass is 10.1. The monoisotopic (exact) mass is 319 g/mol. The fraction of sp³-hybridized carbons (Fsp3) is 0.562. The van der Waals surface area contributed by atoms with E-state index in [1.165, 1.54) is 0 Å². The molecule has 23 heavy (non-hydrogen) atoms. The van der Waals surface area contributed by atoms with E-state index in [4.69, 9.17) is 9.47 Å². The number of nitrogens with zero attached hydrogens (tertiary/aromatic N) is 5. The first-order chi connectivity index (χ1) is 11.1. The molecule has 0 aromatic carbocycles. The van der Waals surface area contributed by atoms with Gasteiger partial charge in [0.15, 0.2) is 0 Å². The topological polar surface area (TPSA) is 65.3 Å². The number of aromatic nitrogens is 4. The number of aryl methyl sites for hydroxylation is 1. The van der Waals surface area contributed by atoms with Crippen molar-refractivity contribution >= 4 is 0 Å². The van der Waals surface area contributed by atoms with Gasteiger partial charge in [-0.15, -0.1) is 10.2 Å². The summed E-state index contributed by atoms with van der Waals surface area (Å²) in [5.41, 5.74) is 3.15. The zero-order chi connectivity index (χ0) is 16.8. The minimum atomic E-state index is 0.643. The van der Waals surface area contributed by atoms with Gasteiger partial charge in [0.1, 0.15) is 17.9 Å². The smallest absolute Gasteiger partial charge is 0.147 e. The highest BCUT2D eigenvalue weighted by Gasteiger charge is 2.13. The van der Waals surface area contributed by atoms with Gasteiger partial charge in [-0.1, -0.05) is 0 Å². The maximum atomic E-state index is 5.47. The molecule has 7 nitrogen and oxygen atoms in total. The Balaban J connectivity index is 2.06. The minimum absolute atomic E-state index is 0.643. The Morgan fingerprint density at radius 2 is 2.00 bits per heavy atom.